The predicted octanol–water partition coefficient (Wildman–Crippen LogP) is 3.71. The zero-order valence-corrected chi connectivity index (χ0v) is 12.7. The molecule has 2 aromatic rings. The molecule has 110 valence electrons. The average Bonchev–Trinajstić information content (AvgIpc) is 2.46. The van der Waals surface area contributed by atoms with Gasteiger partial charge in [-0.3, -0.25) is 4.79 Å². The Morgan fingerprint density at radius 3 is 2.24 bits per heavy atom. The second-order valence-corrected chi connectivity index (χ2v) is 5.58. The molecule has 0 aliphatic carbocycles. The monoisotopic (exact) mass is 283 g/mol. The number of ether oxygens (including phenoxy) is 1. The van der Waals surface area contributed by atoms with Gasteiger partial charge in [0.05, 0.1) is 12.8 Å². The topological polar surface area (TPSA) is 52.3 Å². The van der Waals surface area contributed by atoms with Crippen LogP contribution in [-0.4, -0.2) is 12.9 Å². The Kier molecular flexibility index (Phi) is 4.63. The zero-order valence-electron chi connectivity index (χ0n) is 12.7. The first-order valence-corrected chi connectivity index (χ1v) is 7.08. The van der Waals surface area contributed by atoms with Crippen molar-refractivity contribution in [3.05, 3.63) is 59.2 Å². The van der Waals surface area contributed by atoms with Crippen LogP contribution in [0.4, 0.5) is 5.69 Å². The first kappa shape index (κ1) is 15.1. The van der Waals surface area contributed by atoms with Crippen molar-refractivity contribution in [1.29, 1.82) is 0 Å². The lowest BCUT2D eigenvalue weighted by Gasteiger charge is -2.08. The van der Waals surface area contributed by atoms with Gasteiger partial charge in [-0.05, 0) is 36.1 Å². The minimum Gasteiger partial charge on any atom is -0.495 e. The lowest BCUT2D eigenvalue weighted by molar-refractivity contribution is 0.103. The Balaban J connectivity index is 2.21. The number of carbonyl (C=O) groups is 1. The van der Waals surface area contributed by atoms with Crippen LogP contribution in [0.3, 0.4) is 0 Å². The van der Waals surface area contributed by atoms with Gasteiger partial charge in [0.15, 0.2) is 5.78 Å². The summed E-state index contributed by atoms with van der Waals surface area (Å²) in [5, 5.41) is 0. The molecule has 0 aliphatic heterocycles. The molecule has 3 nitrogen and oxygen atoms in total. The molecule has 2 aromatic carbocycles. The standard InChI is InChI=1S/C18H21NO2/c1-12(2)10-13-4-6-14(7-5-13)18(20)15-8-9-17(21-3)16(19)11-15/h4-9,11-12H,10,19H2,1-3H3. The Morgan fingerprint density at radius 2 is 1.71 bits per heavy atom. The van der Waals surface area contributed by atoms with E-state index in [1.165, 1.54) is 5.56 Å². The number of carbonyl (C=O) groups excluding carboxylic acids is 1. The van der Waals surface area contributed by atoms with E-state index in [0.717, 1.165) is 6.42 Å². The summed E-state index contributed by atoms with van der Waals surface area (Å²) in [5.74, 6) is 1.16. The van der Waals surface area contributed by atoms with E-state index in [-0.39, 0.29) is 5.78 Å². The van der Waals surface area contributed by atoms with Gasteiger partial charge >= 0.3 is 0 Å². The van der Waals surface area contributed by atoms with E-state index in [4.69, 9.17) is 10.5 Å². The number of benzene rings is 2. The van der Waals surface area contributed by atoms with E-state index in [2.05, 4.69) is 13.8 Å². The molecular weight excluding hydrogens is 262 g/mol. The second-order valence-electron chi connectivity index (χ2n) is 5.58. The summed E-state index contributed by atoms with van der Waals surface area (Å²) in [4.78, 5) is 12.4. The molecule has 0 heterocycles. The molecule has 2 N–H and O–H groups in total. The summed E-state index contributed by atoms with van der Waals surface area (Å²) in [7, 11) is 1.56. The van der Waals surface area contributed by atoms with Gasteiger partial charge in [0, 0.05) is 11.1 Å². The lowest BCUT2D eigenvalue weighted by Crippen LogP contribution is -2.03. The van der Waals surface area contributed by atoms with Gasteiger partial charge in [0.2, 0.25) is 0 Å². The third-order valence-electron chi connectivity index (χ3n) is 3.35. The van der Waals surface area contributed by atoms with E-state index in [1.54, 1.807) is 25.3 Å². The molecule has 21 heavy (non-hydrogen) atoms. The van der Waals surface area contributed by atoms with Crippen LogP contribution >= 0.6 is 0 Å². The molecule has 0 aliphatic rings. The highest BCUT2D eigenvalue weighted by atomic mass is 16.5. The molecule has 0 unspecified atom stereocenters. The molecule has 0 radical (unpaired) electrons. The number of nitrogen functional groups attached to an aromatic ring is 1. The van der Waals surface area contributed by atoms with Crippen molar-refractivity contribution in [2.75, 3.05) is 12.8 Å². The van der Waals surface area contributed by atoms with E-state index < -0.39 is 0 Å². The fraction of sp³-hybridized carbons (Fsp3) is 0.278. The van der Waals surface area contributed by atoms with Crippen molar-refractivity contribution < 1.29 is 9.53 Å². The molecule has 0 aromatic heterocycles. The van der Waals surface area contributed by atoms with Gasteiger partial charge in [-0.1, -0.05) is 38.1 Å². The van der Waals surface area contributed by atoms with E-state index >= 15 is 0 Å². The fourth-order valence-corrected chi connectivity index (χ4v) is 2.31. The van der Waals surface area contributed by atoms with Crippen molar-refractivity contribution in [2.45, 2.75) is 20.3 Å². The number of anilines is 1. The van der Waals surface area contributed by atoms with Crippen LogP contribution in [0, 0.1) is 5.92 Å². The van der Waals surface area contributed by atoms with Crippen LogP contribution < -0.4 is 10.5 Å². The lowest BCUT2D eigenvalue weighted by atomic mass is 9.98. The largest absolute Gasteiger partial charge is 0.495 e. The maximum atomic E-state index is 12.4. The molecule has 0 saturated carbocycles. The van der Waals surface area contributed by atoms with Crippen molar-refractivity contribution in [1.82, 2.24) is 0 Å². The Bertz CT molecular complexity index is 630. The first-order valence-electron chi connectivity index (χ1n) is 7.08. The van der Waals surface area contributed by atoms with Crippen LogP contribution in [0.5, 0.6) is 5.75 Å². The summed E-state index contributed by atoms with van der Waals surface area (Å²) in [6.45, 7) is 4.36. The van der Waals surface area contributed by atoms with E-state index in [0.29, 0.717) is 28.5 Å². The van der Waals surface area contributed by atoms with E-state index in [9.17, 15) is 4.79 Å². The molecular formula is C18H21NO2. The minimum atomic E-state index is -0.0274. The Morgan fingerprint density at radius 1 is 1.10 bits per heavy atom. The quantitative estimate of drug-likeness (QED) is 0.672. The van der Waals surface area contributed by atoms with Gasteiger partial charge < -0.3 is 10.5 Å². The highest BCUT2D eigenvalue weighted by molar-refractivity contribution is 6.09. The SMILES string of the molecule is COc1ccc(C(=O)c2ccc(CC(C)C)cc2)cc1N. The molecule has 0 bridgehead atoms. The molecule has 3 heteroatoms. The van der Waals surface area contributed by atoms with Crippen LogP contribution in [0.25, 0.3) is 0 Å². The summed E-state index contributed by atoms with van der Waals surface area (Å²) >= 11 is 0. The average molecular weight is 283 g/mol. The third kappa shape index (κ3) is 3.63. The zero-order chi connectivity index (χ0) is 15.4. The van der Waals surface area contributed by atoms with Crippen LogP contribution in [-0.2, 0) is 6.42 Å². The van der Waals surface area contributed by atoms with Crippen LogP contribution in [0.15, 0.2) is 42.5 Å². The predicted molar refractivity (Wildman–Crippen MR) is 85.8 cm³/mol. The number of nitrogens with two attached hydrogens (primary N) is 1. The molecule has 0 fully saturated rings. The number of methoxy groups -OCH3 is 1. The maximum Gasteiger partial charge on any atom is 0.193 e. The minimum absolute atomic E-state index is 0.0274. The van der Waals surface area contributed by atoms with Gasteiger partial charge in [-0.2, -0.15) is 0 Å². The van der Waals surface area contributed by atoms with Gasteiger partial charge in [0.1, 0.15) is 5.75 Å². The van der Waals surface area contributed by atoms with Gasteiger partial charge in [-0.25, -0.2) is 0 Å². The van der Waals surface area contributed by atoms with Crippen molar-refractivity contribution in [2.24, 2.45) is 5.92 Å². The number of hydrogen-bond donors (Lipinski definition) is 1. The summed E-state index contributed by atoms with van der Waals surface area (Å²) in [6, 6.07) is 12.9. The van der Waals surface area contributed by atoms with Crippen molar-refractivity contribution >= 4 is 11.5 Å². The van der Waals surface area contributed by atoms with Gasteiger partial charge in [0.25, 0.3) is 0 Å². The molecule has 0 spiro atoms. The highest BCUT2D eigenvalue weighted by Gasteiger charge is 2.11. The van der Waals surface area contributed by atoms with E-state index in [1.807, 2.05) is 24.3 Å². The summed E-state index contributed by atoms with van der Waals surface area (Å²) in [6.07, 6.45) is 1.02. The highest BCUT2D eigenvalue weighted by Crippen LogP contribution is 2.23. The maximum absolute atomic E-state index is 12.4. The van der Waals surface area contributed by atoms with Crippen molar-refractivity contribution in [3.8, 4) is 5.75 Å². The van der Waals surface area contributed by atoms with Crippen LogP contribution in [0.1, 0.15) is 35.3 Å². The van der Waals surface area contributed by atoms with Crippen LogP contribution in [0.2, 0.25) is 0 Å². The fourth-order valence-electron chi connectivity index (χ4n) is 2.31. The Labute approximate surface area is 125 Å². The number of ketones is 1. The first-order chi connectivity index (χ1) is 10.0. The molecule has 0 atom stereocenters. The summed E-state index contributed by atoms with van der Waals surface area (Å²) < 4.78 is 5.10. The smallest absolute Gasteiger partial charge is 0.193 e. The van der Waals surface area contributed by atoms with Crippen molar-refractivity contribution in [3.63, 3.8) is 0 Å². The Hall–Kier alpha value is -2.29. The third-order valence-corrected chi connectivity index (χ3v) is 3.35. The second kappa shape index (κ2) is 6.44. The number of rotatable bonds is 5. The molecule has 2 rings (SSSR count). The van der Waals surface area contributed by atoms with Gasteiger partial charge in [-0.15, -0.1) is 0 Å². The summed E-state index contributed by atoms with van der Waals surface area (Å²) in [5.41, 5.74) is 8.81. The normalized spacial score (nSPS) is 10.7. The molecule has 0 saturated heterocycles. The molecule has 0 amide bonds. The number of hydrogen-bond acceptors (Lipinski definition) is 3.